The van der Waals surface area contributed by atoms with Gasteiger partial charge in [-0.15, -0.1) is 0 Å². The van der Waals surface area contributed by atoms with E-state index in [-0.39, 0.29) is 10.8 Å². The van der Waals surface area contributed by atoms with Crippen LogP contribution in [0.4, 0.5) is 10.1 Å². The second kappa shape index (κ2) is 9.33. The summed E-state index contributed by atoms with van der Waals surface area (Å²) in [4.78, 5) is 7.54. The molecule has 0 aromatic heterocycles. The van der Waals surface area contributed by atoms with Gasteiger partial charge in [-0.25, -0.2) is 4.39 Å². The van der Waals surface area contributed by atoms with Gasteiger partial charge in [0.1, 0.15) is 11.6 Å². The van der Waals surface area contributed by atoms with Gasteiger partial charge in [0.25, 0.3) is 0 Å². The van der Waals surface area contributed by atoms with Crippen LogP contribution in [0.15, 0.2) is 42.5 Å². The van der Waals surface area contributed by atoms with Crippen molar-refractivity contribution >= 4 is 17.3 Å². The lowest BCUT2D eigenvalue weighted by molar-refractivity contribution is 0.0887. The fourth-order valence-corrected chi connectivity index (χ4v) is 4.62. The zero-order valence-corrected chi connectivity index (χ0v) is 17.7. The standard InChI is InChI=1S/C23H29ClFN3O/c1-29-21-7-5-19(6-8-21)27-11-13-28(14-12-27)20-3-2-10-26(17-20)16-18-4-9-22(24)23(25)15-18/h4-9,15,20H,2-3,10-14,16-17H2,1H3. The summed E-state index contributed by atoms with van der Waals surface area (Å²) in [6.07, 6.45) is 2.44. The van der Waals surface area contributed by atoms with Gasteiger partial charge in [-0.2, -0.15) is 0 Å². The van der Waals surface area contributed by atoms with Gasteiger partial charge in [-0.3, -0.25) is 9.80 Å². The summed E-state index contributed by atoms with van der Waals surface area (Å²) >= 11 is 5.81. The van der Waals surface area contributed by atoms with Gasteiger partial charge in [0, 0.05) is 51.0 Å². The van der Waals surface area contributed by atoms with Gasteiger partial charge >= 0.3 is 0 Å². The zero-order valence-electron chi connectivity index (χ0n) is 17.0. The Morgan fingerprint density at radius 2 is 1.79 bits per heavy atom. The minimum atomic E-state index is -0.327. The molecule has 2 aromatic carbocycles. The number of anilines is 1. The van der Waals surface area contributed by atoms with Crippen molar-refractivity contribution in [3.05, 3.63) is 58.9 Å². The van der Waals surface area contributed by atoms with E-state index < -0.39 is 0 Å². The first-order chi connectivity index (χ1) is 14.1. The predicted molar refractivity (Wildman–Crippen MR) is 116 cm³/mol. The Kier molecular flexibility index (Phi) is 6.58. The Hall–Kier alpha value is -1.82. The highest BCUT2D eigenvalue weighted by atomic mass is 35.5. The van der Waals surface area contributed by atoms with Gasteiger partial charge in [-0.1, -0.05) is 17.7 Å². The third-order valence-corrected chi connectivity index (χ3v) is 6.45. The summed E-state index contributed by atoms with van der Waals surface area (Å²) in [6, 6.07) is 14.1. The van der Waals surface area contributed by atoms with Crippen molar-refractivity contribution in [1.29, 1.82) is 0 Å². The van der Waals surface area contributed by atoms with E-state index in [2.05, 4.69) is 26.8 Å². The second-order valence-corrected chi connectivity index (χ2v) is 8.41. The third kappa shape index (κ3) is 5.03. The number of hydrogen-bond donors (Lipinski definition) is 0. The van der Waals surface area contributed by atoms with Crippen LogP contribution in [0.25, 0.3) is 0 Å². The van der Waals surface area contributed by atoms with Crippen LogP contribution in [0.5, 0.6) is 5.75 Å². The number of benzene rings is 2. The van der Waals surface area contributed by atoms with Crippen LogP contribution in [0.1, 0.15) is 18.4 Å². The molecule has 29 heavy (non-hydrogen) atoms. The first kappa shape index (κ1) is 20.5. The molecule has 0 spiro atoms. The minimum absolute atomic E-state index is 0.194. The molecule has 2 aliphatic heterocycles. The van der Waals surface area contributed by atoms with E-state index in [4.69, 9.17) is 16.3 Å². The van der Waals surface area contributed by atoms with Crippen LogP contribution in [-0.4, -0.2) is 62.2 Å². The molecule has 0 N–H and O–H groups in total. The summed E-state index contributed by atoms with van der Waals surface area (Å²) in [6.45, 7) is 7.17. The molecular formula is C23H29ClFN3O. The van der Waals surface area contributed by atoms with E-state index in [1.54, 1.807) is 19.2 Å². The van der Waals surface area contributed by atoms with Gasteiger partial charge in [-0.05, 0) is 61.3 Å². The van der Waals surface area contributed by atoms with Crippen LogP contribution in [-0.2, 0) is 6.54 Å². The van der Waals surface area contributed by atoms with Gasteiger partial charge in [0.2, 0.25) is 0 Å². The maximum atomic E-state index is 13.7. The van der Waals surface area contributed by atoms with E-state index in [9.17, 15) is 4.39 Å². The van der Waals surface area contributed by atoms with Crippen molar-refractivity contribution in [2.45, 2.75) is 25.4 Å². The molecule has 1 atom stereocenters. The number of methoxy groups -OCH3 is 1. The lowest BCUT2D eigenvalue weighted by atomic mass is 10.0. The lowest BCUT2D eigenvalue weighted by Crippen LogP contribution is -2.55. The van der Waals surface area contributed by atoms with Gasteiger partial charge in [0.15, 0.2) is 0 Å². The van der Waals surface area contributed by atoms with Crippen molar-refractivity contribution in [3.63, 3.8) is 0 Å². The van der Waals surface area contributed by atoms with Crippen LogP contribution in [0.2, 0.25) is 5.02 Å². The summed E-state index contributed by atoms with van der Waals surface area (Å²) in [7, 11) is 1.70. The molecule has 2 aliphatic rings. The number of halogens is 2. The fraction of sp³-hybridized carbons (Fsp3) is 0.478. The molecule has 0 bridgehead atoms. The SMILES string of the molecule is COc1ccc(N2CCN(C3CCCN(Cc4ccc(Cl)c(F)c4)C3)CC2)cc1. The number of hydrogen-bond acceptors (Lipinski definition) is 4. The molecule has 1 unspecified atom stereocenters. The lowest BCUT2D eigenvalue weighted by Gasteiger charge is -2.44. The molecule has 4 rings (SSSR count). The Morgan fingerprint density at radius 3 is 2.48 bits per heavy atom. The number of rotatable bonds is 5. The molecule has 2 fully saturated rings. The predicted octanol–water partition coefficient (Wildman–Crippen LogP) is 4.27. The fourth-order valence-electron chi connectivity index (χ4n) is 4.51. The van der Waals surface area contributed by atoms with Crippen molar-refractivity contribution < 1.29 is 9.13 Å². The average Bonchev–Trinajstić information content (AvgIpc) is 2.77. The van der Waals surface area contributed by atoms with E-state index in [0.717, 1.165) is 57.1 Å². The highest BCUT2D eigenvalue weighted by Gasteiger charge is 2.28. The minimum Gasteiger partial charge on any atom is -0.497 e. The van der Waals surface area contributed by atoms with Crippen molar-refractivity contribution in [1.82, 2.24) is 9.80 Å². The molecule has 2 heterocycles. The third-order valence-electron chi connectivity index (χ3n) is 6.14. The normalized spacial score (nSPS) is 21.3. The summed E-state index contributed by atoms with van der Waals surface area (Å²) in [5, 5.41) is 0.194. The molecule has 0 radical (unpaired) electrons. The Bertz CT molecular complexity index is 808. The van der Waals surface area contributed by atoms with Gasteiger partial charge in [0.05, 0.1) is 12.1 Å². The number of nitrogens with zero attached hydrogens (tertiary/aromatic N) is 3. The highest BCUT2D eigenvalue weighted by Crippen LogP contribution is 2.24. The number of piperazine rings is 1. The first-order valence-corrected chi connectivity index (χ1v) is 10.8. The van der Waals surface area contributed by atoms with E-state index in [1.165, 1.54) is 18.5 Å². The number of likely N-dealkylation sites (tertiary alicyclic amines) is 1. The van der Waals surface area contributed by atoms with Gasteiger partial charge < -0.3 is 9.64 Å². The van der Waals surface area contributed by atoms with Crippen LogP contribution < -0.4 is 9.64 Å². The highest BCUT2D eigenvalue weighted by molar-refractivity contribution is 6.30. The molecule has 6 heteroatoms. The maximum Gasteiger partial charge on any atom is 0.142 e. The molecule has 2 saturated heterocycles. The largest absolute Gasteiger partial charge is 0.497 e. The topological polar surface area (TPSA) is 19.0 Å². The second-order valence-electron chi connectivity index (χ2n) is 8.00. The van der Waals surface area contributed by atoms with E-state index in [1.807, 2.05) is 18.2 Å². The Morgan fingerprint density at radius 1 is 1.03 bits per heavy atom. The average molecular weight is 418 g/mol. The summed E-state index contributed by atoms with van der Waals surface area (Å²) < 4.78 is 19.0. The molecular weight excluding hydrogens is 389 g/mol. The van der Waals surface area contributed by atoms with E-state index >= 15 is 0 Å². The summed E-state index contributed by atoms with van der Waals surface area (Å²) in [5.41, 5.74) is 2.26. The number of ether oxygens (including phenoxy) is 1. The quantitative estimate of drug-likeness (QED) is 0.722. The monoisotopic (exact) mass is 417 g/mol. The van der Waals surface area contributed by atoms with E-state index in [0.29, 0.717) is 6.04 Å². The van der Waals surface area contributed by atoms with Crippen molar-refractivity contribution in [2.24, 2.45) is 0 Å². The maximum absolute atomic E-state index is 13.7. The van der Waals surface area contributed by atoms with Crippen LogP contribution in [0.3, 0.4) is 0 Å². The first-order valence-electron chi connectivity index (χ1n) is 10.4. The smallest absolute Gasteiger partial charge is 0.142 e. The Labute approximate surface area is 177 Å². The Balaban J connectivity index is 1.30. The van der Waals surface area contributed by atoms with Crippen molar-refractivity contribution in [2.75, 3.05) is 51.3 Å². The summed E-state index contributed by atoms with van der Waals surface area (Å²) in [5.74, 6) is 0.572. The molecule has 0 amide bonds. The zero-order chi connectivity index (χ0) is 20.2. The molecule has 2 aromatic rings. The molecule has 4 nitrogen and oxygen atoms in total. The van der Waals surface area contributed by atoms with Crippen LogP contribution >= 0.6 is 11.6 Å². The van der Waals surface area contributed by atoms with Crippen molar-refractivity contribution in [3.8, 4) is 5.75 Å². The molecule has 0 saturated carbocycles. The molecule has 156 valence electrons. The number of piperidine rings is 1. The van der Waals surface area contributed by atoms with Crippen LogP contribution in [0, 0.1) is 5.82 Å². The molecule has 0 aliphatic carbocycles.